The van der Waals surface area contributed by atoms with Crippen molar-refractivity contribution in [2.45, 2.75) is 57.5 Å². The Kier molecular flexibility index (Phi) is 7.22. The van der Waals surface area contributed by atoms with Gasteiger partial charge >= 0.3 is 0 Å². The Morgan fingerprint density at radius 3 is 2.88 bits per heavy atom. The van der Waals surface area contributed by atoms with Gasteiger partial charge in [0.2, 0.25) is 0 Å². The lowest BCUT2D eigenvalue weighted by atomic mass is 10.2. The molecule has 1 saturated heterocycles. The van der Waals surface area contributed by atoms with E-state index in [-0.39, 0.29) is 6.29 Å². The molecule has 3 atom stereocenters. The van der Waals surface area contributed by atoms with Crippen LogP contribution in [0.15, 0.2) is 0 Å². The second-order valence-corrected chi connectivity index (χ2v) is 4.35. The van der Waals surface area contributed by atoms with Crippen LogP contribution in [0.25, 0.3) is 0 Å². The molecule has 0 bridgehead atoms. The molecule has 0 spiro atoms. The van der Waals surface area contributed by atoms with E-state index in [0.29, 0.717) is 19.4 Å². The minimum Gasteiger partial charge on any atom is -0.392 e. The molecular formula is C13H22O4. The quantitative estimate of drug-likeness (QED) is 0.708. The summed E-state index contributed by atoms with van der Waals surface area (Å²) in [4.78, 5) is 0. The normalized spacial score (nSPS) is 23.6. The predicted octanol–water partition coefficient (Wildman–Crippen LogP) is 1.05. The lowest BCUT2D eigenvalue weighted by Crippen LogP contribution is -2.23. The first-order valence-electron chi connectivity index (χ1n) is 6.26. The van der Waals surface area contributed by atoms with Gasteiger partial charge in [0.05, 0.1) is 12.7 Å². The van der Waals surface area contributed by atoms with Gasteiger partial charge in [-0.15, -0.1) is 0 Å². The Bertz CT molecular complexity index is 248. The van der Waals surface area contributed by atoms with E-state index in [1.807, 2.05) is 0 Å². The average Bonchev–Trinajstić information content (AvgIpc) is 2.30. The molecule has 0 aromatic heterocycles. The van der Waals surface area contributed by atoms with Crippen molar-refractivity contribution in [3.05, 3.63) is 0 Å². The van der Waals surface area contributed by atoms with Crippen molar-refractivity contribution in [3.8, 4) is 11.8 Å². The molecule has 2 N–H and O–H groups in total. The summed E-state index contributed by atoms with van der Waals surface area (Å²) in [5.74, 6) is 5.41. The Balaban J connectivity index is 2.06. The van der Waals surface area contributed by atoms with Crippen molar-refractivity contribution in [2.24, 2.45) is 0 Å². The van der Waals surface area contributed by atoms with Crippen LogP contribution in [0.2, 0.25) is 0 Å². The summed E-state index contributed by atoms with van der Waals surface area (Å²) in [7, 11) is 0. The highest BCUT2D eigenvalue weighted by Gasteiger charge is 2.13. The van der Waals surface area contributed by atoms with Gasteiger partial charge in [-0.3, -0.25) is 0 Å². The van der Waals surface area contributed by atoms with Gasteiger partial charge in [0.15, 0.2) is 6.29 Å². The Morgan fingerprint density at radius 2 is 2.24 bits per heavy atom. The van der Waals surface area contributed by atoms with Crippen molar-refractivity contribution in [1.29, 1.82) is 0 Å². The predicted molar refractivity (Wildman–Crippen MR) is 64.2 cm³/mol. The minimum atomic E-state index is -0.683. The molecule has 1 rings (SSSR count). The smallest absolute Gasteiger partial charge is 0.157 e. The van der Waals surface area contributed by atoms with Crippen LogP contribution in [0.5, 0.6) is 0 Å². The second-order valence-electron chi connectivity index (χ2n) is 4.35. The van der Waals surface area contributed by atoms with Crippen LogP contribution in [0.3, 0.4) is 0 Å². The van der Waals surface area contributed by atoms with Crippen LogP contribution in [0.1, 0.15) is 39.0 Å². The molecule has 0 radical (unpaired) electrons. The van der Waals surface area contributed by atoms with Crippen molar-refractivity contribution < 1.29 is 19.7 Å². The van der Waals surface area contributed by atoms with E-state index < -0.39 is 12.2 Å². The molecule has 1 aliphatic heterocycles. The zero-order chi connectivity index (χ0) is 12.5. The SMILES string of the molecule is C[C@@H](O)CC#C[C@H](O)CCOC1CCCCO1. The highest BCUT2D eigenvalue weighted by molar-refractivity contribution is 5.05. The van der Waals surface area contributed by atoms with Gasteiger partial charge in [-0.2, -0.15) is 0 Å². The number of aliphatic hydroxyl groups excluding tert-OH is 2. The van der Waals surface area contributed by atoms with E-state index in [4.69, 9.17) is 14.6 Å². The zero-order valence-electron chi connectivity index (χ0n) is 10.4. The van der Waals surface area contributed by atoms with Crippen LogP contribution < -0.4 is 0 Å². The monoisotopic (exact) mass is 242 g/mol. The summed E-state index contributed by atoms with van der Waals surface area (Å²) < 4.78 is 10.9. The first kappa shape index (κ1) is 14.5. The number of hydrogen-bond acceptors (Lipinski definition) is 4. The third-order valence-corrected chi connectivity index (χ3v) is 2.50. The molecule has 4 heteroatoms. The third kappa shape index (κ3) is 7.35. The van der Waals surface area contributed by atoms with Gasteiger partial charge < -0.3 is 19.7 Å². The van der Waals surface area contributed by atoms with E-state index in [2.05, 4.69) is 11.8 Å². The maximum absolute atomic E-state index is 9.52. The molecule has 1 aliphatic rings. The first-order valence-corrected chi connectivity index (χ1v) is 6.26. The van der Waals surface area contributed by atoms with Crippen LogP contribution >= 0.6 is 0 Å². The van der Waals surface area contributed by atoms with Crippen LogP contribution in [0.4, 0.5) is 0 Å². The molecular weight excluding hydrogens is 220 g/mol. The molecule has 0 saturated carbocycles. The number of ether oxygens (including phenoxy) is 2. The van der Waals surface area contributed by atoms with Gasteiger partial charge in [-0.05, 0) is 26.2 Å². The third-order valence-electron chi connectivity index (χ3n) is 2.50. The molecule has 1 unspecified atom stereocenters. The van der Waals surface area contributed by atoms with Crippen LogP contribution in [0, 0.1) is 11.8 Å². The highest BCUT2D eigenvalue weighted by atomic mass is 16.7. The summed E-state index contributed by atoms with van der Waals surface area (Å²) in [6, 6.07) is 0. The highest BCUT2D eigenvalue weighted by Crippen LogP contribution is 2.13. The van der Waals surface area contributed by atoms with Gasteiger partial charge in [0.25, 0.3) is 0 Å². The van der Waals surface area contributed by atoms with E-state index in [1.165, 1.54) is 0 Å². The first-order chi connectivity index (χ1) is 8.18. The fraction of sp³-hybridized carbons (Fsp3) is 0.846. The summed E-state index contributed by atoms with van der Waals surface area (Å²) in [6.07, 6.45) is 2.81. The Morgan fingerprint density at radius 1 is 1.41 bits per heavy atom. The van der Waals surface area contributed by atoms with E-state index in [0.717, 1.165) is 25.9 Å². The molecule has 0 aromatic rings. The van der Waals surface area contributed by atoms with Gasteiger partial charge in [0, 0.05) is 19.4 Å². The maximum atomic E-state index is 9.52. The minimum absolute atomic E-state index is 0.110. The lowest BCUT2D eigenvalue weighted by Gasteiger charge is -2.22. The van der Waals surface area contributed by atoms with E-state index in [1.54, 1.807) is 6.92 Å². The fourth-order valence-corrected chi connectivity index (χ4v) is 1.55. The summed E-state index contributed by atoms with van der Waals surface area (Å²) >= 11 is 0. The second kappa shape index (κ2) is 8.48. The summed E-state index contributed by atoms with van der Waals surface area (Å²) in [5.41, 5.74) is 0. The van der Waals surface area contributed by atoms with Crippen molar-refractivity contribution in [1.82, 2.24) is 0 Å². The fourth-order valence-electron chi connectivity index (χ4n) is 1.55. The topological polar surface area (TPSA) is 58.9 Å². The van der Waals surface area contributed by atoms with E-state index >= 15 is 0 Å². The summed E-state index contributed by atoms with van der Waals surface area (Å²) in [5, 5.41) is 18.5. The summed E-state index contributed by atoms with van der Waals surface area (Å²) in [6.45, 7) is 2.89. The maximum Gasteiger partial charge on any atom is 0.157 e. The van der Waals surface area contributed by atoms with Crippen molar-refractivity contribution in [3.63, 3.8) is 0 Å². The molecule has 0 aromatic carbocycles. The molecule has 0 aliphatic carbocycles. The number of rotatable bonds is 5. The molecule has 1 heterocycles. The number of hydrogen-bond donors (Lipinski definition) is 2. The Labute approximate surface area is 103 Å². The van der Waals surface area contributed by atoms with Crippen molar-refractivity contribution >= 4 is 0 Å². The largest absolute Gasteiger partial charge is 0.392 e. The average molecular weight is 242 g/mol. The molecule has 1 fully saturated rings. The molecule has 17 heavy (non-hydrogen) atoms. The zero-order valence-corrected chi connectivity index (χ0v) is 10.4. The van der Waals surface area contributed by atoms with E-state index in [9.17, 15) is 5.11 Å². The van der Waals surface area contributed by atoms with Gasteiger partial charge in [0.1, 0.15) is 6.10 Å². The molecule has 0 amide bonds. The lowest BCUT2D eigenvalue weighted by molar-refractivity contribution is -0.164. The standard InChI is InChI=1S/C13H22O4/c1-11(14)5-4-6-12(15)8-10-17-13-7-2-3-9-16-13/h11-15H,2-3,5,7-10H2,1H3/t11-,12+,13?/m1/s1. The Hall–Kier alpha value is -0.600. The number of aliphatic hydroxyl groups is 2. The van der Waals surface area contributed by atoms with Gasteiger partial charge in [-0.25, -0.2) is 0 Å². The molecule has 4 nitrogen and oxygen atoms in total. The van der Waals surface area contributed by atoms with Crippen LogP contribution in [-0.2, 0) is 9.47 Å². The van der Waals surface area contributed by atoms with Crippen LogP contribution in [-0.4, -0.2) is 41.9 Å². The van der Waals surface area contributed by atoms with Gasteiger partial charge in [-0.1, -0.05) is 11.8 Å². The molecule has 98 valence electrons. The van der Waals surface area contributed by atoms with Crippen molar-refractivity contribution in [2.75, 3.05) is 13.2 Å².